The average Bonchev–Trinajstić information content (AvgIpc) is 2.80. The van der Waals surface area contributed by atoms with E-state index in [0.717, 1.165) is 12.0 Å². The van der Waals surface area contributed by atoms with Gasteiger partial charge in [0.1, 0.15) is 23.5 Å². The van der Waals surface area contributed by atoms with E-state index in [1.54, 1.807) is 13.8 Å². The Labute approximate surface area is 174 Å². The maximum Gasteiger partial charge on any atom is 1.00 e. The molecule has 2 saturated heterocycles. The van der Waals surface area contributed by atoms with E-state index in [9.17, 15) is 19.5 Å². The molecule has 0 spiro atoms. The second-order valence-corrected chi connectivity index (χ2v) is 8.52. The molecule has 7 nitrogen and oxygen atoms in total. The molecule has 0 saturated carbocycles. The van der Waals surface area contributed by atoms with Gasteiger partial charge in [0.25, 0.3) is 0 Å². The predicted octanol–water partition coefficient (Wildman–Crippen LogP) is -2.66. The second-order valence-electron chi connectivity index (χ2n) is 6.75. The van der Waals surface area contributed by atoms with Crippen LogP contribution < -0.4 is 40.6 Å². The van der Waals surface area contributed by atoms with E-state index in [2.05, 4.69) is 5.32 Å². The Kier molecular flexibility index (Phi) is 6.10. The number of carboxylic acids is 1. The summed E-state index contributed by atoms with van der Waals surface area (Å²) < 4.78 is -0.607. The number of nitrogens with two attached hydrogens (primary N) is 1. The Balaban J connectivity index is 0.00000169. The molecule has 0 aromatic heterocycles. The van der Waals surface area contributed by atoms with E-state index in [4.69, 9.17) is 5.73 Å². The number of carbonyl (C=O) groups is 3. The van der Waals surface area contributed by atoms with Crippen LogP contribution in [-0.2, 0) is 14.4 Å². The van der Waals surface area contributed by atoms with Gasteiger partial charge in [-0.05, 0) is 32.3 Å². The molecular formula is C16H22N3NaO4S. The quantitative estimate of drug-likeness (QED) is 0.281. The van der Waals surface area contributed by atoms with Crippen molar-refractivity contribution in [2.75, 3.05) is 0 Å². The first-order chi connectivity index (χ1) is 11.2. The van der Waals surface area contributed by atoms with Gasteiger partial charge in [-0.25, -0.2) is 4.79 Å². The van der Waals surface area contributed by atoms with Gasteiger partial charge in [-0.2, -0.15) is 0 Å². The Morgan fingerprint density at radius 1 is 1.48 bits per heavy atom. The Morgan fingerprint density at radius 3 is 2.72 bits per heavy atom. The van der Waals surface area contributed by atoms with E-state index < -0.39 is 34.7 Å². The first-order valence-electron chi connectivity index (χ1n) is 7.86. The van der Waals surface area contributed by atoms with Crippen molar-refractivity contribution in [3.05, 3.63) is 23.8 Å². The molecule has 4 N–H and O–H groups in total. The molecule has 4 atom stereocenters. The van der Waals surface area contributed by atoms with E-state index in [1.165, 1.54) is 16.7 Å². The van der Waals surface area contributed by atoms with Crippen molar-refractivity contribution < 1.29 is 50.5 Å². The molecule has 0 unspecified atom stereocenters. The molecule has 3 aliphatic rings. The Hall–Kier alpha value is -0.800. The van der Waals surface area contributed by atoms with Crippen molar-refractivity contribution in [1.82, 2.24) is 10.2 Å². The zero-order valence-electron chi connectivity index (χ0n) is 15.6. The minimum atomic E-state index is -1.02. The van der Waals surface area contributed by atoms with Crippen LogP contribution in [0.25, 0.3) is 0 Å². The molecule has 0 radical (unpaired) electrons. The molecule has 2 aliphatic heterocycles. The monoisotopic (exact) mass is 375 g/mol. The van der Waals surface area contributed by atoms with Crippen molar-refractivity contribution >= 4 is 29.5 Å². The maximum atomic E-state index is 12.4. The number of hydrogen-bond acceptors (Lipinski definition) is 5. The summed E-state index contributed by atoms with van der Waals surface area (Å²) in [6, 6.07) is -2.38. The smallest absolute Gasteiger partial charge is 1.00 e. The molecule has 132 valence electrons. The maximum absolute atomic E-state index is 12.4. The second kappa shape index (κ2) is 7.44. The minimum Gasteiger partial charge on any atom is -1.00 e. The Morgan fingerprint density at radius 2 is 2.16 bits per heavy atom. The van der Waals surface area contributed by atoms with Crippen molar-refractivity contribution in [2.24, 2.45) is 5.73 Å². The van der Waals surface area contributed by atoms with E-state index in [1.807, 2.05) is 18.2 Å². The van der Waals surface area contributed by atoms with Gasteiger partial charge >= 0.3 is 35.5 Å². The summed E-state index contributed by atoms with van der Waals surface area (Å²) in [5.41, 5.74) is 6.83. The number of hydrogen-bond donors (Lipinski definition) is 3. The third kappa shape index (κ3) is 3.55. The molecule has 2 amide bonds. The van der Waals surface area contributed by atoms with Crippen molar-refractivity contribution in [2.45, 2.75) is 54.9 Å². The van der Waals surface area contributed by atoms with E-state index in [-0.39, 0.29) is 42.3 Å². The summed E-state index contributed by atoms with van der Waals surface area (Å²) in [6.45, 7) is 3.59. The molecule has 0 aromatic carbocycles. The minimum absolute atomic E-state index is 0. The van der Waals surface area contributed by atoms with Gasteiger partial charge in [0.15, 0.2) is 0 Å². The number of amides is 2. The van der Waals surface area contributed by atoms with Gasteiger partial charge in [0, 0.05) is 4.75 Å². The molecule has 0 aromatic rings. The number of thioether (sulfide) groups is 1. The SMILES string of the molecule is CC1(C)S[C@@H]2[C@H](NC(=O)[C@H](N)C3=CCC=CC3)C(=O)N2[C@H]1C(=O)O.[H-].[Na+]. The van der Waals surface area contributed by atoms with Crippen molar-refractivity contribution in [1.29, 1.82) is 0 Å². The van der Waals surface area contributed by atoms with Crippen LogP contribution in [0.3, 0.4) is 0 Å². The van der Waals surface area contributed by atoms with Gasteiger partial charge in [0.2, 0.25) is 11.8 Å². The number of fused-ring (bicyclic) bond motifs is 1. The van der Waals surface area contributed by atoms with E-state index >= 15 is 0 Å². The largest absolute Gasteiger partial charge is 1.00 e. The van der Waals surface area contributed by atoms with Crippen LogP contribution in [-0.4, -0.2) is 56.0 Å². The van der Waals surface area contributed by atoms with Crippen LogP contribution in [0.5, 0.6) is 0 Å². The first kappa shape index (κ1) is 20.5. The number of nitrogens with zero attached hydrogens (tertiary/aromatic N) is 1. The molecule has 2 heterocycles. The van der Waals surface area contributed by atoms with Crippen LogP contribution in [0.4, 0.5) is 0 Å². The third-order valence-corrected chi connectivity index (χ3v) is 6.26. The first-order valence-corrected chi connectivity index (χ1v) is 8.74. The number of nitrogens with one attached hydrogen (secondary N) is 1. The van der Waals surface area contributed by atoms with Crippen molar-refractivity contribution in [3.63, 3.8) is 0 Å². The molecule has 2 fully saturated rings. The molecule has 25 heavy (non-hydrogen) atoms. The topological polar surface area (TPSA) is 113 Å². The molecule has 0 bridgehead atoms. The van der Waals surface area contributed by atoms with Crippen LogP contribution in [0.15, 0.2) is 23.8 Å². The number of allylic oxidation sites excluding steroid dienone is 3. The number of carbonyl (C=O) groups excluding carboxylic acids is 2. The van der Waals surface area contributed by atoms with Crippen LogP contribution in [0, 0.1) is 0 Å². The van der Waals surface area contributed by atoms with Gasteiger partial charge < -0.3 is 22.5 Å². The third-order valence-electron chi connectivity index (χ3n) is 4.69. The number of carboxylic acid groups (broad SMARTS) is 1. The fourth-order valence-electron chi connectivity index (χ4n) is 3.43. The summed E-state index contributed by atoms with van der Waals surface area (Å²) in [6.07, 6.45) is 7.27. The predicted molar refractivity (Wildman–Crippen MR) is 91.2 cm³/mol. The summed E-state index contributed by atoms with van der Waals surface area (Å²) in [5.74, 6) is -1.78. The van der Waals surface area contributed by atoms with Crippen LogP contribution >= 0.6 is 11.8 Å². The van der Waals surface area contributed by atoms with Gasteiger partial charge in [-0.1, -0.05) is 18.2 Å². The van der Waals surface area contributed by atoms with Crippen LogP contribution in [0.1, 0.15) is 28.1 Å². The molecule has 3 rings (SSSR count). The fourth-order valence-corrected chi connectivity index (χ4v) is 5.05. The standard InChI is InChI=1S/C16H21N3O4S.Na.H/c1-16(2)11(15(22)23)19-13(21)10(14(19)24-16)18-12(20)9(17)8-6-4-3-5-7-8;;/h3-4,7,9-11,14H,5-6,17H2,1-2H3,(H,18,20)(H,22,23);;/q;+1;-1/t9-,10-,11+,14-;;/m1../s1. The fraction of sp³-hybridized carbons (Fsp3) is 0.562. The number of rotatable bonds is 4. The summed E-state index contributed by atoms with van der Waals surface area (Å²) in [5, 5.41) is 11.7. The number of β-lactam (4-membered cyclic amide) rings is 1. The number of aliphatic carboxylic acids is 1. The molecule has 9 heteroatoms. The zero-order valence-corrected chi connectivity index (χ0v) is 17.4. The van der Waals surface area contributed by atoms with Crippen LogP contribution in [0.2, 0.25) is 0 Å². The normalized spacial score (nSPS) is 30.5. The average molecular weight is 375 g/mol. The van der Waals surface area contributed by atoms with Crippen molar-refractivity contribution in [3.8, 4) is 0 Å². The van der Waals surface area contributed by atoms with E-state index in [0.29, 0.717) is 6.42 Å². The van der Waals surface area contributed by atoms with Gasteiger partial charge in [0.05, 0.1) is 0 Å². The summed E-state index contributed by atoms with van der Waals surface area (Å²) in [7, 11) is 0. The molecule has 1 aliphatic carbocycles. The summed E-state index contributed by atoms with van der Waals surface area (Å²) >= 11 is 1.40. The Bertz CT molecular complexity index is 670. The summed E-state index contributed by atoms with van der Waals surface area (Å²) in [4.78, 5) is 37.5. The zero-order chi connectivity index (χ0) is 17.6. The van der Waals surface area contributed by atoms with Gasteiger partial charge in [-0.15, -0.1) is 11.8 Å². The van der Waals surface area contributed by atoms with Gasteiger partial charge in [-0.3, -0.25) is 9.59 Å². The molecular weight excluding hydrogens is 353 g/mol.